The van der Waals surface area contributed by atoms with Gasteiger partial charge in [0.05, 0.1) is 0 Å². The summed E-state index contributed by atoms with van der Waals surface area (Å²) in [6.07, 6.45) is 5.35. The Balaban J connectivity index is 2.44. The summed E-state index contributed by atoms with van der Waals surface area (Å²) in [4.78, 5) is 6.66. The van der Waals surface area contributed by atoms with Crippen molar-refractivity contribution < 1.29 is 0 Å². The lowest BCUT2D eigenvalue weighted by atomic mass is 10.1. The van der Waals surface area contributed by atoms with E-state index in [1.807, 2.05) is 6.20 Å². The van der Waals surface area contributed by atoms with Gasteiger partial charge in [-0.1, -0.05) is 13.0 Å². The SMILES string of the molecule is CCc1ccc(CCC(C)N(C)C)cn1. The first-order valence-corrected chi connectivity index (χ1v) is 5.73. The molecule has 0 spiro atoms. The van der Waals surface area contributed by atoms with Gasteiger partial charge in [-0.15, -0.1) is 0 Å². The molecule has 0 radical (unpaired) electrons. The topological polar surface area (TPSA) is 16.1 Å². The average molecular weight is 206 g/mol. The van der Waals surface area contributed by atoms with Crippen molar-refractivity contribution in [3.05, 3.63) is 29.6 Å². The number of hydrogen-bond acceptors (Lipinski definition) is 2. The molecule has 84 valence electrons. The van der Waals surface area contributed by atoms with Gasteiger partial charge in [0, 0.05) is 17.9 Å². The molecule has 0 aliphatic rings. The lowest BCUT2D eigenvalue weighted by Crippen LogP contribution is -2.24. The van der Waals surface area contributed by atoms with Gasteiger partial charge >= 0.3 is 0 Å². The van der Waals surface area contributed by atoms with Crippen LogP contribution in [0.5, 0.6) is 0 Å². The van der Waals surface area contributed by atoms with Crippen LogP contribution in [0.3, 0.4) is 0 Å². The summed E-state index contributed by atoms with van der Waals surface area (Å²) in [5, 5.41) is 0. The van der Waals surface area contributed by atoms with Crippen molar-refractivity contribution in [3.63, 3.8) is 0 Å². The average Bonchev–Trinajstić information content (AvgIpc) is 2.26. The molecule has 0 aliphatic heterocycles. The third-order valence-electron chi connectivity index (χ3n) is 2.98. The smallest absolute Gasteiger partial charge is 0.0401 e. The molecule has 1 heterocycles. The van der Waals surface area contributed by atoms with Crippen molar-refractivity contribution in [2.75, 3.05) is 14.1 Å². The number of rotatable bonds is 5. The second-order valence-corrected chi connectivity index (χ2v) is 4.36. The van der Waals surface area contributed by atoms with Crippen LogP contribution in [0.25, 0.3) is 0 Å². The largest absolute Gasteiger partial charge is 0.307 e. The summed E-state index contributed by atoms with van der Waals surface area (Å²) in [6.45, 7) is 4.39. The van der Waals surface area contributed by atoms with E-state index in [1.165, 1.54) is 17.7 Å². The van der Waals surface area contributed by atoms with Crippen LogP contribution in [-0.2, 0) is 12.8 Å². The number of nitrogens with zero attached hydrogens (tertiary/aromatic N) is 2. The Kier molecular flexibility index (Phi) is 4.76. The van der Waals surface area contributed by atoms with E-state index in [2.05, 4.69) is 50.0 Å². The Bertz CT molecular complexity index is 277. The molecule has 15 heavy (non-hydrogen) atoms. The predicted molar refractivity (Wildman–Crippen MR) is 65.1 cm³/mol. The van der Waals surface area contributed by atoms with Crippen LogP contribution in [0.4, 0.5) is 0 Å². The lowest BCUT2D eigenvalue weighted by Gasteiger charge is -2.19. The van der Waals surface area contributed by atoms with E-state index in [1.54, 1.807) is 0 Å². The summed E-state index contributed by atoms with van der Waals surface area (Å²) in [5.74, 6) is 0. The first-order valence-electron chi connectivity index (χ1n) is 5.73. The molecule has 0 amide bonds. The minimum absolute atomic E-state index is 0.635. The molecule has 0 N–H and O–H groups in total. The minimum Gasteiger partial charge on any atom is -0.307 e. The molecule has 0 fully saturated rings. The number of hydrogen-bond donors (Lipinski definition) is 0. The van der Waals surface area contributed by atoms with Gasteiger partial charge in [0.2, 0.25) is 0 Å². The highest BCUT2D eigenvalue weighted by Crippen LogP contribution is 2.07. The summed E-state index contributed by atoms with van der Waals surface area (Å²) >= 11 is 0. The lowest BCUT2D eigenvalue weighted by molar-refractivity contribution is 0.299. The molecule has 1 unspecified atom stereocenters. The second kappa shape index (κ2) is 5.86. The Labute approximate surface area is 93.3 Å². The molecule has 0 aliphatic carbocycles. The van der Waals surface area contributed by atoms with Gasteiger partial charge in [-0.05, 0) is 51.9 Å². The minimum atomic E-state index is 0.635. The maximum Gasteiger partial charge on any atom is 0.0401 e. The Hall–Kier alpha value is -0.890. The quantitative estimate of drug-likeness (QED) is 0.736. The second-order valence-electron chi connectivity index (χ2n) is 4.36. The predicted octanol–water partition coefficient (Wildman–Crippen LogP) is 2.53. The highest BCUT2D eigenvalue weighted by atomic mass is 15.1. The van der Waals surface area contributed by atoms with Crippen LogP contribution >= 0.6 is 0 Å². The van der Waals surface area contributed by atoms with E-state index >= 15 is 0 Å². The van der Waals surface area contributed by atoms with E-state index in [-0.39, 0.29) is 0 Å². The van der Waals surface area contributed by atoms with Crippen LogP contribution in [0.1, 0.15) is 31.5 Å². The van der Waals surface area contributed by atoms with Gasteiger partial charge < -0.3 is 4.90 Å². The summed E-state index contributed by atoms with van der Waals surface area (Å²) in [7, 11) is 4.26. The number of pyridine rings is 1. The number of aryl methyl sites for hydroxylation is 2. The fourth-order valence-corrected chi connectivity index (χ4v) is 1.45. The fraction of sp³-hybridized carbons (Fsp3) is 0.615. The van der Waals surface area contributed by atoms with Gasteiger partial charge in [0.1, 0.15) is 0 Å². The van der Waals surface area contributed by atoms with Crippen molar-refractivity contribution in [2.45, 2.75) is 39.2 Å². The fourth-order valence-electron chi connectivity index (χ4n) is 1.45. The first-order chi connectivity index (χ1) is 7.13. The van der Waals surface area contributed by atoms with Gasteiger partial charge in [-0.2, -0.15) is 0 Å². The van der Waals surface area contributed by atoms with Crippen molar-refractivity contribution in [1.82, 2.24) is 9.88 Å². The Morgan fingerprint density at radius 1 is 1.33 bits per heavy atom. The molecule has 2 heteroatoms. The molecule has 1 rings (SSSR count). The maximum atomic E-state index is 4.41. The summed E-state index contributed by atoms with van der Waals surface area (Å²) in [6, 6.07) is 4.97. The van der Waals surface area contributed by atoms with Gasteiger partial charge in [-0.3, -0.25) is 4.98 Å². The van der Waals surface area contributed by atoms with Crippen LogP contribution in [-0.4, -0.2) is 30.0 Å². The van der Waals surface area contributed by atoms with E-state index < -0.39 is 0 Å². The van der Waals surface area contributed by atoms with E-state index in [9.17, 15) is 0 Å². The molecule has 0 aromatic carbocycles. The zero-order chi connectivity index (χ0) is 11.3. The molecule has 2 nitrogen and oxygen atoms in total. The number of aromatic nitrogens is 1. The van der Waals surface area contributed by atoms with Gasteiger partial charge in [0.15, 0.2) is 0 Å². The third kappa shape index (κ3) is 4.00. The molecule has 1 aromatic rings. The summed E-state index contributed by atoms with van der Waals surface area (Å²) in [5.41, 5.74) is 2.53. The first kappa shape index (κ1) is 12.2. The van der Waals surface area contributed by atoms with Crippen LogP contribution in [0, 0.1) is 0 Å². The molecule has 0 bridgehead atoms. The van der Waals surface area contributed by atoms with Crippen molar-refractivity contribution in [3.8, 4) is 0 Å². The Morgan fingerprint density at radius 3 is 2.53 bits per heavy atom. The Morgan fingerprint density at radius 2 is 2.07 bits per heavy atom. The molecular formula is C13H22N2. The normalized spacial score (nSPS) is 13.1. The standard InChI is InChI=1S/C13H22N2/c1-5-13-9-8-12(10-14-13)7-6-11(2)15(3)4/h8-11H,5-7H2,1-4H3. The van der Waals surface area contributed by atoms with Crippen molar-refractivity contribution in [1.29, 1.82) is 0 Å². The van der Waals surface area contributed by atoms with E-state index in [0.29, 0.717) is 6.04 Å². The van der Waals surface area contributed by atoms with Gasteiger partial charge in [0.25, 0.3) is 0 Å². The van der Waals surface area contributed by atoms with Crippen molar-refractivity contribution >= 4 is 0 Å². The highest BCUT2D eigenvalue weighted by molar-refractivity contribution is 5.14. The zero-order valence-corrected chi connectivity index (χ0v) is 10.3. The molecule has 1 aromatic heterocycles. The van der Waals surface area contributed by atoms with Crippen LogP contribution in [0.15, 0.2) is 18.3 Å². The van der Waals surface area contributed by atoms with E-state index in [4.69, 9.17) is 0 Å². The van der Waals surface area contributed by atoms with Crippen LogP contribution < -0.4 is 0 Å². The van der Waals surface area contributed by atoms with Crippen LogP contribution in [0.2, 0.25) is 0 Å². The van der Waals surface area contributed by atoms with Crippen molar-refractivity contribution in [2.24, 2.45) is 0 Å². The third-order valence-corrected chi connectivity index (χ3v) is 2.98. The molecule has 1 atom stereocenters. The molecular weight excluding hydrogens is 184 g/mol. The van der Waals surface area contributed by atoms with Gasteiger partial charge in [-0.25, -0.2) is 0 Å². The molecule has 0 saturated heterocycles. The maximum absolute atomic E-state index is 4.41. The monoisotopic (exact) mass is 206 g/mol. The zero-order valence-electron chi connectivity index (χ0n) is 10.3. The molecule has 0 saturated carbocycles. The van der Waals surface area contributed by atoms with E-state index in [0.717, 1.165) is 12.8 Å². The highest BCUT2D eigenvalue weighted by Gasteiger charge is 2.04. The summed E-state index contributed by atoms with van der Waals surface area (Å²) < 4.78 is 0.